The zero-order valence-corrected chi connectivity index (χ0v) is 33.5. The Hall–Kier alpha value is -7.21. The maximum Gasteiger partial charge on any atom is 0.343 e. The van der Waals surface area contributed by atoms with Gasteiger partial charge in [0.2, 0.25) is 0 Å². The topological polar surface area (TPSA) is 150 Å². The van der Waals surface area contributed by atoms with Gasteiger partial charge in [-0.15, -0.1) is 0 Å². The first kappa shape index (κ1) is 43.9. The molecule has 0 aromatic heterocycles. The molecule has 5 rings (SSSR count). The van der Waals surface area contributed by atoms with E-state index in [1.165, 1.54) is 60.7 Å². The van der Waals surface area contributed by atoms with Crippen molar-refractivity contribution in [1.29, 1.82) is 0 Å². The molecule has 0 fully saturated rings. The van der Waals surface area contributed by atoms with Gasteiger partial charge in [0.05, 0.1) is 42.1 Å². The van der Waals surface area contributed by atoms with Crippen molar-refractivity contribution < 1.29 is 57.1 Å². The summed E-state index contributed by atoms with van der Waals surface area (Å²) < 4.78 is 38.4. The van der Waals surface area contributed by atoms with E-state index < -0.39 is 29.8 Å². The minimum atomic E-state index is -0.643. The van der Waals surface area contributed by atoms with Gasteiger partial charge < -0.3 is 33.2 Å². The smallest absolute Gasteiger partial charge is 0.343 e. The fraction of sp³-hybridized carbons (Fsp3) is 0.229. The molecule has 0 N–H and O–H groups in total. The molecule has 0 unspecified atom stereocenters. The van der Waals surface area contributed by atoms with Crippen molar-refractivity contribution in [3.05, 3.63) is 156 Å². The summed E-state index contributed by atoms with van der Waals surface area (Å²) in [5, 5.41) is 0. The molecule has 0 saturated heterocycles. The monoisotopic (exact) mass is 814 g/mol. The van der Waals surface area contributed by atoms with Crippen LogP contribution in [0.5, 0.6) is 34.5 Å². The molecule has 0 radical (unpaired) electrons. The first-order valence-corrected chi connectivity index (χ1v) is 19.6. The molecule has 0 bridgehead atoms. The Balaban J connectivity index is 1.03. The molecule has 0 aliphatic rings. The summed E-state index contributed by atoms with van der Waals surface area (Å²) in [5.74, 6) is -0.527. The van der Waals surface area contributed by atoms with E-state index in [2.05, 4.69) is 13.5 Å². The molecule has 12 heteroatoms. The number of hydrogen-bond donors (Lipinski definition) is 0. The van der Waals surface area contributed by atoms with E-state index in [1.807, 2.05) is 0 Å². The summed E-state index contributed by atoms with van der Waals surface area (Å²) in [6.07, 6.45) is 6.55. The van der Waals surface area contributed by atoms with E-state index in [1.54, 1.807) is 61.5 Å². The molecule has 0 heterocycles. The maximum atomic E-state index is 12.9. The molecule has 0 amide bonds. The zero-order valence-electron chi connectivity index (χ0n) is 33.5. The van der Waals surface area contributed by atoms with Crippen molar-refractivity contribution in [1.82, 2.24) is 0 Å². The van der Waals surface area contributed by atoms with Crippen molar-refractivity contribution >= 4 is 29.8 Å². The van der Waals surface area contributed by atoms with Gasteiger partial charge in [-0.05, 0) is 160 Å². The minimum absolute atomic E-state index is 0.222. The van der Waals surface area contributed by atoms with Crippen LogP contribution in [-0.4, -0.2) is 49.7 Å². The SMILES string of the molecule is C=CC(=O)OCCCCCCOc1ccc(C(=O)Oc2ccc(C(=O)Oc3ccc(OC(=O)c4ccc(OC(=O)c5ccc(OCCCC)cc5)cc4)c(C)c3)cc2)cc1. The summed E-state index contributed by atoms with van der Waals surface area (Å²) in [7, 11) is 0. The Kier molecular flexibility index (Phi) is 16.6. The van der Waals surface area contributed by atoms with Gasteiger partial charge in [-0.1, -0.05) is 19.9 Å². The minimum Gasteiger partial charge on any atom is -0.494 e. The average molecular weight is 815 g/mol. The van der Waals surface area contributed by atoms with E-state index in [4.69, 9.17) is 33.2 Å². The van der Waals surface area contributed by atoms with E-state index in [9.17, 15) is 24.0 Å². The normalized spacial score (nSPS) is 10.5. The van der Waals surface area contributed by atoms with Gasteiger partial charge in [0.1, 0.15) is 34.5 Å². The largest absolute Gasteiger partial charge is 0.494 e. The summed E-state index contributed by atoms with van der Waals surface area (Å²) in [6, 6.07) is 29.8. The van der Waals surface area contributed by atoms with Crippen molar-refractivity contribution in [3.8, 4) is 34.5 Å². The Labute approximate surface area is 348 Å². The highest BCUT2D eigenvalue weighted by molar-refractivity contribution is 5.94. The van der Waals surface area contributed by atoms with Crippen LogP contribution >= 0.6 is 0 Å². The average Bonchev–Trinajstić information content (AvgIpc) is 3.26. The van der Waals surface area contributed by atoms with Crippen LogP contribution in [0.4, 0.5) is 0 Å². The second-order valence-electron chi connectivity index (χ2n) is 13.4. The predicted molar refractivity (Wildman–Crippen MR) is 222 cm³/mol. The third kappa shape index (κ3) is 13.7. The van der Waals surface area contributed by atoms with Gasteiger partial charge in [0.25, 0.3) is 0 Å². The Morgan fingerprint density at radius 3 is 1.28 bits per heavy atom. The van der Waals surface area contributed by atoms with Gasteiger partial charge in [-0.3, -0.25) is 0 Å². The molecule has 0 aliphatic carbocycles. The van der Waals surface area contributed by atoms with E-state index in [0.29, 0.717) is 48.0 Å². The van der Waals surface area contributed by atoms with Crippen molar-refractivity contribution in [2.75, 3.05) is 19.8 Å². The number of aryl methyl sites for hydroxylation is 1. The number of carbonyl (C=O) groups is 5. The van der Waals surface area contributed by atoms with Crippen molar-refractivity contribution in [2.45, 2.75) is 52.4 Å². The molecule has 5 aromatic carbocycles. The number of rotatable bonds is 21. The van der Waals surface area contributed by atoms with Crippen LogP contribution < -0.4 is 28.4 Å². The van der Waals surface area contributed by atoms with Crippen LogP contribution in [0.1, 0.15) is 92.4 Å². The van der Waals surface area contributed by atoms with Gasteiger partial charge in [-0.2, -0.15) is 0 Å². The summed E-state index contributed by atoms with van der Waals surface area (Å²) in [6.45, 7) is 8.64. The summed E-state index contributed by atoms with van der Waals surface area (Å²) in [5.41, 5.74) is 1.68. The van der Waals surface area contributed by atoms with Gasteiger partial charge >= 0.3 is 29.8 Å². The number of benzene rings is 5. The number of esters is 5. The maximum absolute atomic E-state index is 12.9. The molecular formula is C48H46O12. The molecular weight excluding hydrogens is 769 g/mol. The highest BCUT2D eigenvalue weighted by atomic mass is 16.6. The lowest BCUT2D eigenvalue weighted by atomic mass is 10.2. The third-order valence-corrected chi connectivity index (χ3v) is 8.83. The lowest BCUT2D eigenvalue weighted by molar-refractivity contribution is -0.137. The standard InChI is InChI=1S/C48H46O12/c1-4-6-29-54-38-19-11-34(12-20-38)45(50)58-41-25-17-37(18-26-41)48(53)60-43-28-27-42(32-33(43)3)59-47(52)36-15-23-40(24-16-36)57-46(51)35-13-21-39(22-14-35)55-30-9-7-8-10-31-56-44(49)5-2/h5,11-28,32H,2,4,6-10,29-31H2,1,3H3. The van der Waals surface area contributed by atoms with Gasteiger partial charge in [0, 0.05) is 6.08 Å². The predicted octanol–water partition coefficient (Wildman–Crippen LogP) is 9.72. The molecule has 0 spiro atoms. The number of hydrogen-bond acceptors (Lipinski definition) is 12. The van der Waals surface area contributed by atoms with Crippen LogP contribution in [0.3, 0.4) is 0 Å². The van der Waals surface area contributed by atoms with E-state index in [0.717, 1.165) is 44.6 Å². The van der Waals surface area contributed by atoms with Crippen LogP contribution in [0.15, 0.2) is 128 Å². The first-order chi connectivity index (χ1) is 29.1. The van der Waals surface area contributed by atoms with Crippen LogP contribution in [-0.2, 0) is 9.53 Å². The molecule has 5 aromatic rings. The Bertz CT molecular complexity index is 2230. The Morgan fingerprint density at radius 1 is 0.467 bits per heavy atom. The molecule has 310 valence electrons. The first-order valence-electron chi connectivity index (χ1n) is 19.6. The van der Waals surface area contributed by atoms with Crippen molar-refractivity contribution in [3.63, 3.8) is 0 Å². The van der Waals surface area contributed by atoms with Gasteiger partial charge in [0.15, 0.2) is 0 Å². The fourth-order valence-corrected chi connectivity index (χ4v) is 5.46. The second kappa shape index (κ2) is 22.7. The Morgan fingerprint density at radius 2 is 0.850 bits per heavy atom. The molecule has 0 saturated carbocycles. The molecule has 0 atom stereocenters. The molecule has 60 heavy (non-hydrogen) atoms. The summed E-state index contributed by atoms with van der Waals surface area (Å²) in [4.78, 5) is 62.2. The number of unbranched alkanes of at least 4 members (excludes halogenated alkanes) is 4. The van der Waals surface area contributed by atoms with Crippen LogP contribution in [0, 0.1) is 6.92 Å². The molecule has 0 aliphatic heterocycles. The third-order valence-electron chi connectivity index (χ3n) is 8.83. The summed E-state index contributed by atoms with van der Waals surface area (Å²) >= 11 is 0. The highest BCUT2D eigenvalue weighted by Crippen LogP contribution is 2.26. The second-order valence-corrected chi connectivity index (χ2v) is 13.4. The lowest BCUT2D eigenvalue weighted by Gasteiger charge is -2.11. The van der Waals surface area contributed by atoms with E-state index >= 15 is 0 Å². The fourth-order valence-electron chi connectivity index (χ4n) is 5.46. The van der Waals surface area contributed by atoms with E-state index in [-0.39, 0.29) is 34.1 Å². The number of carbonyl (C=O) groups excluding carboxylic acids is 5. The quantitative estimate of drug-likeness (QED) is 0.0300. The van der Waals surface area contributed by atoms with Gasteiger partial charge in [-0.25, -0.2) is 24.0 Å². The molecule has 12 nitrogen and oxygen atoms in total. The lowest BCUT2D eigenvalue weighted by Crippen LogP contribution is -2.11. The highest BCUT2D eigenvalue weighted by Gasteiger charge is 2.16. The zero-order chi connectivity index (χ0) is 42.7. The van der Waals surface area contributed by atoms with Crippen LogP contribution in [0.2, 0.25) is 0 Å². The van der Waals surface area contributed by atoms with Crippen molar-refractivity contribution in [2.24, 2.45) is 0 Å². The number of ether oxygens (including phenoxy) is 7. The van der Waals surface area contributed by atoms with Crippen LogP contribution in [0.25, 0.3) is 0 Å².